The predicted molar refractivity (Wildman–Crippen MR) is 126 cm³/mol. The summed E-state index contributed by atoms with van der Waals surface area (Å²) >= 11 is 12.7. The number of carboxylic acid groups (broad SMARTS) is 1. The third-order valence-electron chi connectivity index (χ3n) is 5.43. The number of aromatic nitrogens is 2. The molecule has 0 spiro atoms. The van der Waals surface area contributed by atoms with Crippen LogP contribution in [0.15, 0.2) is 66.7 Å². The van der Waals surface area contributed by atoms with E-state index in [1.165, 1.54) is 4.68 Å². The van der Waals surface area contributed by atoms with Crippen molar-refractivity contribution in [1.82, 2.24) is 9.78 Å². The monoisotopic (exact) mass is 480 g/mol. The Hall–Kier alpha value is -3.48. The fourth-order valence-electron chi connectivity index (χ4n) is 3.94. The lowest BCUT2D eigenvalue weighted by atomic mass is 9.98. The Balaban J connectivity index is 1.65. The number of carbonyl (C=O) groups is 1. The maximum Gasteiger partial charge on any atom is 0.354 e. The van der Waals surface area contributed by atoms with Gasteiger partial charge in [-0.1, -0.05) is 65.7 Å². The van der Waals surface area contributed by atoms with Crippen LogP contribution < -0.4 is 9.47 Å². The summed E-state index contributed by atoms with van der Waals surface area (Å²) in [6, 6.07) is 20.3. The molecule has 0 saturated heterocycles. The minimum absolute atomic E-state index is 0.0996. The number of ether oxygens (including phenoxy) is 2. The van der Waals surface area contributed by atoms with E-state index in [1.54, 1.807) is 24.3 Å². The molecule has 1 aliphatic rings. The number of nitrogens with zero attached hydrogens (tertiary/aromatic N) is 2. The number of benzene rings is 3. The molecule has 2 heterocycles. The van der Waals surface area contributed by atoms with E-state index in [0.717, 1.165) is 16.7 Å². The molecule has 0 fully saturated rings. The number of rotatable bonds is 6. The second kappa shape index (κ2) is 8.81. The summed E-state index contributed by atoms with van der Waals surface area (Å²) in [5, 5.41) is 15.9. The molecule has 0 saturated carbocycles. The molecule has 8 heteroatoms. The summed E-state index contributed by atoms with van der Waals surface area (Å²) in [4.78, 5) is 12.4. The number of aromatic carboxylic acids is 1. The van der Waals surface area contributed by atoms with E-state index in [1.807, 2.05) is 42.5 Å². The maximum absolute atomic E-state index is 12.4. The van der Waals surface area contributed by atoms with Gasteiger partial charge in [0, 0.05) is 33.7 Å². The quantitative estimate of drug-likeness (QED) is 0.370. The van der Waals surface area contributed by atoms with Crippen LogP contribution in [0.3, 0.4) is 0 Å². The Morgan fingerprint density at radius 3 is 2.48 bits per heavy atom. The van der Waals surface area contributed by atoms with Crippen molar-refractivity contribution < 1.29 is 19.4 Å². The standard InChI is InChI=1S/C25H18Cl2N2O4/c26-18-8-4-5-15(9-18)13-29-24(25(30)31)19(23(28-29)16-6-2-1-3-7-16)10-17-11-21-22(12-20(17)27)33-14-32-21/h1-9,11-12H,10,13-14H2,(H,30,31). The minimum atomic E-state index is -1.07. The summed E-state index contributed by atoms with van der Waals surface area (Å²) < 4.78 is 12.4. The second-order valence-corrected chi connectivity index (χ2v) is 8.45. The predicted octanol–water partition coefficient (Wildman–Crippen LogP) is 5.92. The van der Waals surface area contributed by atoms with Crippen molar-refractivity contribution in [2.45, 2.75) is 13.0 Å². The van der Waals surface area contributed by atoms with Gasteiger partial charge in [0.2, 0.25) is 6.79 Å². The lowest BCUT2D eigenvalue weighted by Crippen LogP contribution is -2.13. The minimum Gasteiger partial charge on any atom is -0.477 e. The molecule has 4 aromatic rings. The third-order valence-corrected chi connectivity index (χ3v) is 6.02. The van der Waals surface area contributed by atoms with Gasteiger partial charge in [-0.25, -0.2) is 4.79 Å². The lowest BCUT2D eigenvalue weighted by molar-refractivity contribution is 0.0683. The van der Waals surface area contributed by atoms with Crippen LogP contribution in [0.4, 0.5) is 0 Å². The first-order valence-corrected chi connectivity index (χ1v) is 11.0. The van der Waals surface area contributed by atoms with Crippen LogP contribution in [0.25, 0.3) is 11.3 Å². The van der Waals surface area contributed by atoms with Crippen molar-refractivity contribution in [2.75, 3.05) is 6.79 Å². The molecule has 1 N–H and O–H groups in total. The van der Waals surface area contributed by atoms with E-state index >= 15 is 0 Å². The first kappa shape index (κ1) is 21.4. The smallest absolute Gasteiger partial charge is 0.354 e. The molecule has 166 valence electrons. The van der Waals surface area contributed by atoms with Crippen molar-refractivity contribution in [3.05, 3.63) is 99.2 Å². The van der Waals surface area contributed by atoms with E-state index in [2.05, 4.69) is 0 Å². The Bertz CT molecular complexity index is 1350. The van der Waals surface area contributed by atoms with Crippen LogP contribution in [0.1, 0.15) is 27.2 Å². The Kier molecular flexibility index (Phi) is 5.70. The van der Waals surface area contributed by atoms with Crippen molar-refractivity contribution in [1.29, 1.82) is 0 Å². The second-order valence-electron chi connectivity index (χ2n) is 7.61. The van der Waals surface area contributed by atoms with Crippen molar-refractivity contribution >= 4 is 29.2 Å². The molecule has 0 atom stereocenters. The fourth-order valence-corrected chi connectivity index (χ4v) is 4.38. The van der Waals surface area contributed by atoms with Crippen LogP contribution in [0.2, 0.25) is 10.0 Å². The van der Waals surface area contributed by atoms with Gasteiger partial charge < -0.3 is 14.6 Å². The third kappa shape index (κ3) is 4.27. The van der Waals surface area contributed by atoms with Gasteiger partial charge in [0.25, 0.3) is 0 Å². The van der Waals surface area contributed by atoms with Crippen molar-refractivity contribution in [3.8, 4) is 22.8 Å². The van der Waals surface area contributed by atoms with Crippen LogP contribution in [0, 0.1) is 0 Å². The number of hydrogen-bond donors (Lipinski definition) is 1. The number of fused-ring (bicyclic) bond motifs is 1. The molecule has 1 aromatic heterocycles. The van der Waals surface area contributed by atoms with Gasteiger partial charge >= 0.3 is 5.97 Å². The summed E-state index contributed by atoms with van der Waals surface area (Å²) in [6.45, 7) is 0.388. The zero-order valence-electron chi connectivity index (χ0n) is 17.3. The van der Waals surface area contributed by atoms with Crippen LogP contribution in [-0.4, -0.2) is 27.6 Å². The van der Waals surface area contributed by atoms with E-state index in [4.69, 9.17) is 37.8 Å². The summed E-state index contributed by atoms with van der Waals surface area (Å²) in [6.07, 6.45) is 0.261. The van der Waals surface area contributed by atoms with Gasteiger partial charge in [-0.15, -0.1) is 0 Å². The van der Waals surface area contributed by atoms with Gasteiger partial charge in [0.15, 0.2) is 17.2 Å². The number of halogens is 2. The Labute approximate surface area is 199 Å². The molecule has 6 nitrogen and oxygen atoms in total. The molecule has 1 aliphatic heterocycles. The molecule has 5 rings (SSSR count). The molecule has 0 bridgehead atoms. The average molecular weight is 481 g/mol. The molecular formula is C25H18Cl2N2O4. The van der Waals surface area contributed by atoms with Crippen molar-refractivity contribution in [3.63, 3.8) is 0 Å². The molecular weight excluding hydrogens is 463 g/mol. The Morgan fingerprint density at radius 1 is 1.00 bits per heavy atom. The summed E-state index contributed by atoms with van der Waals surface area (Å²) in [5.74, 6) is 0.0829. The maximum atomic E-state index is 12.4. The highest BCUT2D eigenvalue weighted by atomic mass is 35.5. The lowest BCUT2D eigenvalue weighted by Gasteiger charge is -2.09. The molecule has 0 unspecified atom stereocenters. The van der Waals surface area contributed by atoms with Crippen LogP contribution in [0.5, 0.6) is 11.5 Å². The van der Waals surface area contributed by atoms with Gasteiger partial charge in [-0.3, -0.25) is 4.68 Å². The summed E-state index contributed by atoms with van der Waals surface area (Å²) in [7, 11) is 0. The van der Waals surface area contributed by atoms with Gasteiger partial charge in [0.1, 0.15) is 0 Å². The van der Waals surface area contributed by atoms with E-state index in [0.29, 0.717) is 32.8 Å². The van der Waals surface area contributed by atoms with E-state index in [-0.39, 0.29) is 25.5 Å². The summed E-state index contributed by atoms with van der Waals surface area (Å²) in [5.41, 5.74) is 3.64. The topological polar surface area (TPSA) is 73.6 Å². The van der Waals surface area contributed by atoms with Crippen LogP contribution in [-0.2, 0) is 13.0 Å². The number of carboxylic acids is 1. The van der Waals surface area contributed by atoms with Gasteiger partial charge in [0.05, 0.1) is 12.2 Å². The van der Waals surface area contributed by atoms with Gasteiger partial charge in [-0.05, 0) is 29.3 Å². The van der Waals surface area contributed by atoms with E-state index in [9.17, 15) is 9.90 Å². The highest BCUT2D eigenvalue weighted by Gasteiger charge is 2.26. The molecule has 0 radical (unpaired) electrons. The molecule has 33 heavy (non-hydrogen) atoms. The number of hydrogen-bond acceptors (Lipinski definition) is 4. The van der Waals surface area contributed by atoms with E-state index < -0.39 is 5.97 Å². The zero-order chi connectivity index (χ0) is 22.9. The average Bonchev–Trinajstić information content (AvgIpc) is 3.39. The Morgan fingerprint density at radius 2 is 1.76 bits per heavy atom. The first-order valence-electron chi connectivity index (χ1n) is 10.2. The largest absolute Gasteiger partial charge is 0.477 e. The molecule has 0 aliphatic carbocycles. The fraction of sp³-hybridized carbons (Fsp3) is 0.120. The van der Waals surface area contributed by atoms with Crippen LogP contribution >= 0.6 is 23.2 Å². The highest BCUT2D eigenvalue weighted by Crippen LogP contribution is 2.39. The highest BCUT2D eigenvalue weighted by molar-refractivity contribution is 6.31. The normalized spacial score (nSPS) is 12.2. The molecule has 0 amide bonds. The molecule has 3 aromatic carbocycles. The zero-order valence-corrected chi connectivity index (χ0v) is 18.8. The van der Waals surface area contributed by atoms with Gasteiger partial charge in [-0.2, -0.15) is 5.10 Å². The van der Waals surface area contributed by atoms with Crippen molar-refractivity contribution in [2.24, 2.45) is 0 Å². The first-order chi connectivity index (χ1) is 16.0. The SMILES string of the molecule is O=C(O)c1c(Cc2cc3c(cc2Cl)OCO3)c(-c2ccccc2)nn1Cc1cccc(Cl)c1.